The van der Waals surface area contributed by atoms with Crippen molar-refractivity contribution in [1.29, 1.82) is 0 Å². The van der Waals surface area contributed by atoms with Gasteiger partial charge in [-0.1, -0.05) is 17.7 Å². The number of carbonyl (C=O) groups is 1. The summed E-state index contributed by atoms with van der Waals surface area (Å²) in [4.78, 5) is 13.5. The second-order valence-corrected chi connectivity index (χ2v) is 9.03. The van der Waals surface area contributed by atoms with E-state index >= 15 is 0 Å². The van der Waals surface area contributed by atoms with Crippen molar-refractivity contribution in [3.63, 3.8) is 0 Å². The number of hydrazone groups is 1. The van der Waals surface area contributed by atoms with Crippen molar-refractivity contribution < 1.29 is 28.1 Å². The molecule has 3 aromatic carbocycles. The van der Waals surface area contributed by atoms with E-state index in [2.05, 4.69) is 5.32 Å². The summed E-state index contributed by atoms with van der Waals surface area (Å²) in [5, 5.41) is 8.89. The Kier molecular flexibility index (Phi) is 6.55. The summed E-state index contributed by atoms with van der Waals surface area (Å²) in [7, 11) is 6.30. The van der Waals surface area contributed by atoms with Crippen LogP contribution in [0.25, 0.3) is 0 Å². The Morgan fingerprint density at radius 2 is 1.62 bits per heavy atom. The molecular weight excluding hydrogens is 501 g/mol. The molecule has 0 fully saturated rings. The van der Waals surface area contributed by atoms with Gasteiger partial charge in [0.1, 0.15) is 5.82 Å². The van der Waals surface area contributed by atoms with E-state index in [0.29, 0.717) is 35.1 Å². The van der Waals surface area contributed by atoms with Crippen LogP contribution in [0, 0.1) is 11.7 Å². The summed E-state index contributed by atoms with van der Waals surface area (Å²) >= 11 is 5.92. The third kappa shape index (κ3) is 4.29. The van der Waals surface area contributed by atoms with Crippen LogP contribution in [0.1, 0.15) is 22.7 Å². The monoisotopic (exact) mass is 525 g/mol. The number of amides is 2. The molecule has 5 rings (SSSR count). The number of anilines is 1. The highest BCUT2D eigenvalue weighted by Crippen LogP contribution is 2.48. The summed E-state index contributed by atoms with van der Waals surface area (Å²) in [5.41, 5.74) is 3.89. The first-order chi connectivity index (χ1) is 17.9. The number of methoxy groups -OCH3 is 4. The Bertz CT molecular complexity index is 1410. The largest absolute Gasteiger partial charge is 0.493 e. The zero-order valence-corrected chi connectivity index (χ0v) is 21.4. The zero-order chi connectivity index (χ0) is 26.3. The highest BCUT2D eigenvalue weighted by molar-refractivity contribution is 6.31. The number of halogens is 2. The van der Waals surface area contributed by atoms with Crippen molar-refractivity contribution in [1.82, 2.24) is 5.01 Å². The lowest BCUT2D eigenvalue weighted by atomic mass is 9.90. The number of carbonyl (C=O) groups excluding carboxylic acids is 1. The highest BCUT2D eigenvalue weighted by atomic mass is 35.5. The van der Waals surface area contributed by atoms with Gasteiger partial charge in [0.2, 0.25) is 0 Å². The number of nitrogens with one attached hydrogen (secondary N) is 1. The number of hydrogen-bond acceptors (Lipinski definition) is 6. The lowest BCUT2D eigenvalue weighted by Gasteiger charge is -2.27. The molecule has 8 nitrogen and oxygen atoms in total. The van der Waals surface area contributed by atoms with Crippen LogP contribution in [0.3, 0.4) is 0 Å². The van der Waals surface area contributed by atoms with Crippen LogP contribution in [0.15, 0.2) is 53.6 Å². The molecule has 0 saturated carbocycles. The molecule has 2 unspecified atom stereocenters. The zero-order valence-electron chi connectivity index (χ0n) is 20.7. The molecule has 10 heteroatoms. The number of fused-ring (bicyclic) bond motifs is 3. The maximum atomic E-state index is 13.6. The van der Waals surface area contributed by atoms with Crippen LogP contribution in [0.5, 0.6) is 23.0 Å². The lowest BCUT2D eigenvalue weighted by molar-refractivity contribution is 0.189. The van der Waals surface area contributed by atoms with Gasteiger partial charge in [-0.2, -0.15) is 5.10 Å². The summed E-state index contributed by atoms with van der Waals surface area (Å²) in [6.07, 6.45) is 0.639. The summed E-state index contributed by atoms with van der Waals surface area (Å²) < 4.78 is 35.6. The normalized spacial score (nSPS) is 17.6. The van der Waals surface area contributed by atoms with Crippen LogP contribution in [-0.4, -0.2) is 45.2 Å². The van der Waals surface area contributed by atoms with E-state index in [9.17, 15) is 9.18 Å². The standard InChI is InChI=1S/C27H25ClFN3O5/c1-34-21-8-5-14(10-22(21)35-2)26-18-9-15-11-23(36-3)24(37-4)13-17(15)25(18)31-32(26)27(33)30-16-6-7-20(29)19(28)12-16/h5-8,10-13,18,26H,9H2,1-4H3,(H,30,33). The number of hydrogen-bond donors (Lipinski definition) is 1. The smallest absolute Gasteiger partial charge is 0.342 e. The van der Waals surface area contributed by atoms with Gasteiger partial charge in [-0.05, 0) is 60.0 Å². The molecule has 0 radical (unpaired) electrons. The van der Waals surface area contributed by atoms with Crippen molar-refractivity contribution >= 4 is 29.0 Å². The maximum Gasteiger partial charge on any atom is 0.342 e. The Morgan fingerprint density at radius 1 is 0.946 bits per heavy atom. The molecule has 0 bridgehead atoms. The molecule has 0 spiro atoms. The molecule has 0 saturated heterocycles. The SMILES string of the molecule is COc1ccc(C2C3Cc4cc(OC)c(OC)cc4C3=NN2C(=O)Nc2ccc(F)c(Cl)c2)cc1OC. The fraction of sp³-hybridized carbons (Fsp3) is 0.259. The number of rotatable bonds is 6. The van der Waals surface area contributed by atoms with Crippen molar-refractivity contribution in [2.45, 2.75) is 12.5 Å². The predicted octanol–water partition coefficient (Wildman–Crippen LogP) is 5.68. The van der Waals surface area contributed by atoms with E-state index in [1.807, 2.05) is 24.3 Å². The van der Waals surface area contributed by atoms with Crippen LogP contribution in [-0.2, 0) is 6.42 Å². The predicted molar refractivity (Wildman–Crippen MR) is 138 cm³/mol. The topological polar surface area (TPSA) is 81.6 Å². The number of ether oxygens (including phenoxy) is 4. The van der Waals surface area contributed by atoms with Crippen molar-refractivity contribution in [2.24, 2.45) is 11.0 Å². The number of nitrogens with zero attached hydrogens (tertiary/aromatic N) is 2. The average Bonchev–Trinajstić information content (AvgIpc) is 3.45. The van der Waals surface area contributed by atoms with Crippen molar-refractivity contribution in [2.75, 3.05) is 33.8 Å². The second kappa shape index (κ2) is 9.82. The third-order valence-corrected chi connectivity index (χ3v) is 6.95. The van der Waals surface area contributed by atoms with E-state index in [1.54, 1.807) is 34.5 Å². The van der Waals surface area contributed by atoms with Gasteiger partial charge in [0.05, 0.1) is 45.2 Å². The van der Waals surface area contributed by atoms with E-state index < -0.39 is 17.9 Å². The molecule has 1 N–H and O–H groups in total. The molecule has 2 aliphatic rings. The molecule has 2 atom stereocenters. The first-order valence-electron chi connectivity index (χ1n) is 11.5. The minimum absolute atomic E-state index is 0.0891. The molecule has 3 aromatic rings. The summed E-state index contributed by atoms with van der Waals surface area (Å²) in [5.74, 6) is 1.63. The first kappa shape index (κ1) is 24.7. The van der Waals surface area contributed by atoms with Gasteiger partial charge in [0.15, 0.2) is 23.0 Å². The molecule has 37 heavy (non-hydrogen) atoms. The quantitative estimate of drug-likeness (QED) is 0.448. The van der Waals surface area contributed by atoms with Gasteiger partial charge in [-0.25, -0.2) is 14.2 Å². The Hall–Kier alpha value is -3.98. The molecule has 1 aliphatic heterocycles. The Labute approximate surface area is 218 Å². The van der Waals surface area contributed by atoms with Crippen LogP contribution >= 0.6 is 11.6 Å². The van der Waals surface area contributed by atoms with E-state index in [0.717, 1.165) is 22.4 Å². The van der Waals surface area contributed by atoms with Gasteiger partial charge in [-0.3, -0.25) is 0 Å². The van der Waals surface area contributed by atoms with Gasteiger partial charge in [0.25, 0.3) is 0 Å². The van der Waals surface area contributed by atoms with E-state index in [4.69, 9.17) is 35.6 Å². The molecule has 1 heterocycles. The fourth-order valence-electron chi connectivity index (χ4n) is 4.94. The Balaban J connectivity index is 1.57. The molecule has 0 aromatic heterocycles. The average molecular weight is 526 g/mol. The second-order valence-electron chi connectivity index (χ2n) is 8.62. The molecule has 1 aliphatic carbocycles. The van der Waals surface area contributed by atoms with Gasteiger partial charge >= 0.3 is 6.03 Å². The van der Waals surface area contributed by atoms with Gasteiger partial charge in [-0.15, -0.1) is 0 Å². The van der Waals surface area contributed by atoms with Gasteiger partial charge < -0.3 is 24.3 Å². The lowest BCUT2D eigenvalue weighted by Crippen LogP contribution is -2.34. The highest BCUT2D eigenvalue weighted by Gasteiger charge is 2.46. The molecule has 192 valence electrons. The first-order valence-corrected chi connectivity index (χ1v) is 11.9. The van der Waals surface area contributed by atoms with Gasteiger partial charge in [0, 0.05) is 17.2 Å². The van der Waals surface area contributed by atoms with Crippen LogP contribution in [0.2, 0.25) is 5.02 Å². The van der Waals surface area contributed by atoms with Crippen molar-refractivity contribution in [3.8, 4) is 23.0 Å². The summed E-state index contributed by atoms with van der Waals surface area (Å²) in [6.45, 7) is 0. The van der Waals surface area contributed by atoms with Crippen LogP contribution in [0.4, 0.5) is 14.9 Å². The minimum Gasteiger partial charge on any atom is -0.493 e. The molecule has 2 amide bonds. The van der Waals surface area contributed by atoms with E-state index in [1.165, 1.54) is 23.2 Å². The van der Waals surface area contributed by atoms with E-state index in [-0.39, 0.29) is 10.9 Å². The summed E-state index contributed by atoms with van der Waals surface area (Å²) in [6, 6.07) is 12.5. The Morgan fingerprint density at radius 3 is 2.30 bits per heavy atom. The minimum atomic E-state index is -0.570. The number of urea groups is 1. The fourth-order valence-corrected chi connectivity index (χ4v) is 5.12. The maximum absolute atomic E-state index is 13.6. The molecular formula is C27H25ClFN3O5. The van der Waals surface area contributed by atoms with Crippen molar-refractivity contribution in [3.05, 3.63) is 76.1 Å². The van der Waals surface area contributed by atoms with Crippen LogP contribution < -0.4 is 24.3 Å². The third-order valence-electron chi connectivity index (χ3n) is 6.66. The number of benzene rings is 3.